The molecule has 0 bridgehead atoms. The fourth-order valence-electron chi connectivity index (χ4n) is 8.99. The maximum absolute atomic E-state index is 6.64. The highest BCUT2D eigenvalue weighted by Crippen LogP contribution is 2.57. The van der Waals surface area contributed by atoms with Gasteiger partial charge in [0.25, 0.3) is 0 Å². The van der Waals surface area contributed by atoms with E-state index in [1.165, 1.54) is 37.7 Å². The minimum absolute atomic E-state index is 0.128. The lowest BCUT2D eigenvalue weighted by atomic mass is 9.43. The van der Waals surface area contributed by atoms with Crippen molar-refractivity contribution in [1.29, 1.82) is 0 Å². The standard InChI is InChI=1S/C49H32BN3O2S/c1-31-15-8-9-21-38(31)53-40-30-45-44(54-42-23-11-12-24-43(42)55-45)29-35(40)36-27-34(51(32-16-4-2-5-17-32)33-18-6-3-7-19-33)28-41-48(36)50(53)37-20-14-26-47-49(37)52(41)39-22-10-13-25-46(39)56-47/h2-30H,1H3. The average Bonchev–Trinajstić information content (AvgIpc) is 3.24. The lowest BCUT2D eigenvalue weighted by molar-refractivity contribution is 0.360. The van der Waals surface area contributed by atoms with E-state index in [0.717, 1.165) is 45.3 Å². The molecule has 0 aromatic heterocycles. The van der Waals surface area contributed by atoms with Crippen LogP contribution in [-0.2, 0) is 0 Å². The summed E-state index contributed by atoms with van der Waals surface area (Å²) in [6.07, 6.45) is 0. The van der Waals surface area contributed by atoms with Crippen LogP contribution >= 0.6 is 11.8 Å². The van der Waals surface area contributed by atoms with Gasteiger partial charge in [-0.1, -0.05) is 103 Å². The Kier molecular flexibility index (Phi) is 6.80. The third-order valence-corrected chi connectivity index (χ3v) is 12.5. The third kappa shape index (κ3) is 4.58. The van der Waals surface area contributed by atoms with Crippen LogP contribution < -0.4 is 35.0 Å². The number of para-hydroxylation sites is 7. The molecule has 12 rings (SSSR count). The van der Waals surface area contributed by atoms with Gasteiger partial charge in [-0.3, -0.25) is 0 Å². The number of ether oxygens (including phenoxy) is 2. The number of aryl methyl sites for hydroxylation is 1. The topological polar surface area (TPSA) is 28.2 Å². The van der Waals surface area contributed by atoms with Gasteiger partial charge in [0, 0.05) is 55.5 Å². The number of hydrogen-bond donors (Lipinski definition) is 0. The largest absolute Gasteiger partial charge is 0.449 e. The second-order valence-corrected chi connectivity index (χ2v) is 15.6. The number of anilines is 8. The molecule has 8 aromatic rings. The molecule has 0 saturated carbocycles. The molecule has 5 nitrogen and oxygen atoms in total. The molecule has 0 radical (unpaired) electrons. The Morgan fingerprint density at radius 1 is 0.482 bits per heavy atom. The van der Waals surface area contributed by atoms with Crippen LogP contribution in [0.3, 0.4) is 0 Å². The summed E-state index contributed by atoms with van der Waals surface area (Å²) in [6, 6.07) is 62.8. The van der Waals surface area contributed by atoms with E-state index in [-0.39, 0.29) is 6.85 Å². The Hall–Kier alpha value is -6.83. The molecule has 0 atom stereocenters. The van der Waals surface area contributed by atoms with Gasteiger partial charge in [0.1, 0.15) is 0 Å². The molecule has 0 N–H and O–H groups in total. The van der Waals surface area contributed by atoms with Gasteiger partial charge in [-0.15, -0.1) is 0 Å². The van der Waals surface area contributed by atoms with Crippen molar-refractivity contribution in [3.8, 4) is 34.1 Å². The summed E-state index contributed by atoms with van der Waals surface area (Å²) < 4.78 is 13.3. The molecule has 7 heteroatoms. The quantitative estimate of drug-likeness (QED) is 0.167. The first-order valence-corrected chi connectivity index (χ1v) is 19.8. The lowest BCUT2D eigenvalue weighted by Gasteiger charge is -2.48. The Bertz CT molecular complexity index is 2860. The van der Waals surface area contributed by atoms with Crippen molar-refractivity contribution in [1.82, 2.24) is 0 Å². The molecule has 0 fully saturated rings. The Morgan fingerprint density at radius 2 is 1.11 bits per heavy atom. The molecule has 0 saturated heterocycles. The fraction of sp³-hybridized carbons (Fsp3) is 0.0204. The minimum atomic E-state index is -0.128. The van der Waals surface area contributed by atoms with Crippen LogP contribution in [0.2, 0.25) is 0 Å². The zero-order valence-electron chi connectivity index (χ0n) is 30.4. The summed E-state index contributed by atoms with van der Waals surface area (Å²) in [6.45, 7) is 2.08. The van der Waals surface area contributed by atoms with Gasteiger partial charge >= 0.3 is 6.85 Å². The first-order chi connectivity index (χ1) is 27.7. The molecule has 264 valence electrons. The second kappa shape index (κ2) is 12.1. The molecule has 0 amide bonds. The van der Waals surface area contributed by atoms with Crippen molar-refractivity contribution in [3.63, 3.8) is 0 Å². The van der Waals surface area contributed by atoms with E-state index in [1.807, 2.05) is 36.0 Å². The van der Waals surface area contributed by atoms with E-state index in [4.69, 9.17) is 9.47 Å². The Balaban J connectivity index is 1.21. The highest BCUT2D eigenvalue weighted by molar-refractivity contribution is 7.99. The second-order valence-electron chi connectivity index (χ2n) is 14.6. The van der Waals surface area contributed by atoms with Crippen molar-refractivity contribution in [3.05, 3.63) is 181 Å². The predicted molar refractivity (Wildman–Crippen MR) is 230 cm³/mol. The summed E-state index contributed by atoms with van der Waals surface area (Å²) in [7, 11) is 0. The predicted octanol–water partition coefficient (Wildman–Crippen LogP) is 12.5. The van der Waals surface area contributed by atoms with Gasteiger partial charge in [0.2, 0.25) is 0 Å². The lowest BCUT2D eigenvalue weighted by Crippen LogP contribution is -2.62. The van der Waals surface area contributed by atoms with Crippen LogP contribution in [-0.4, -0.2) is 6.85 Å². The normalized spacial score (nSPS) is 13.6. The summed E-state index contributed by atoms with van der Waals surface area (Å²) >= 11 is 1.85. The SMILES string of the molecule is Cc1ccccc1N1B2c3cccc4c3N(c3ccccc3S4)c3cc(N(c4ccccc4)c4ccccc4)cc(c32)-c2cc3c(cc21)Oc1ccccc1O3. The molecule has 0 spiro atoms. The van der Waals surface area contributed by atoms with E-state index in [2.05, 4.69) is 173 Å². The van der Waals surface area contributed by atoms with Gasteiger partial charge in [-0.05, 0) is 108 Å². The summed E-state index contributed by atoms with van der Waals surface area (Å²) in [5.41, 5.74) is 15.0. The highest BCUT2D eigenvalue weighted by Gasteiger charge is 2.48. The summed E-state index contributed by atoms with van der Waals surface area (Å²) in [5, 5.41) is 0. The summed E-state index contributed by atoms with van der Waals surface area (Å²) in [4.78, 5) is 9.93. The van der Waals surface area contributed by atoms with Gasteiger partial charge in [-0.2, -0.15) is 0 Å². The van der Waals surface area contributed by atoms with Crippen LogP contribution in [0.25, 0.3) is 11.1 Å². The molecular weight excluding hydrogens is 705 g/mol. The number of fused-ring (bicyclic) bond motifs is 8. The van der Waals surface area contributed by atoms with E-state index < -0.39 is 0 Å². The molecule has 8 aromatic carbocycles. The molecule has 56 heavy (non-hydrogen) atoms. The smallest absolute Gasteiger partial charge is 0.333 e. The van der Waals surface area contributed by atoms with Crippen LogP contribution in [0.5, 0.6) is 23.0 Å². The first kappa shape index (κ1) is 31.5. The first-order valence-electron chi connectivity index (χ1n) is 19.0. The maximum atomic E-state index is 6.64. The number of nitrogens with zero attached hydrogens (tertiary/aromatic N) is 3. The van der Waals surface area contributed by atoms with Gasteiger partial charge in [0.15, 0.2) is 23.0 Å². The number of rotatable bonds is 4. The zero-order chi connectivity index (χ0) is 36.9. The van der Waals surface area contributed by atoms with Crippen molar-refractivity contribution < 1.29 is 9.47 Å². The highest BCUT2D eigenvalue weighted by atomic mass is 32.2. The monoisotopic (exact) mass is 737 g/mol. The van der Waals surface area contributed by atoms with Crippen molar-refractivity contribution in [2.75, 3.05) is 14.6 Å². The molecule has 0 aliphatic carbocycles. The molecule has 4 heterocycles. The number of benzene rings is 8. The van der Waals surface area contributed by atoms with Crippen LogP contribution in [0.15, 0.2) is 186 Å². The van der Waals surface area contributed by atoms with Crippen LogP contribution in [0, 0.1) is 6.92 Å². The zero-order valence-corrected chi connectivity index (χ0v) is 31.2. The minimum Gasteiger partial charge on any atom is -0.449 e. The van der Waals surface area contributed by atoms with E-state index in [0.29, 0.717) is 23.0 Å². The molecular formula is C49H32BN3O2S. The average molecular weight is 738 g/mol. The van der Waals surface area contributed by atoms with Crippen molar-refractivity contribution >= 4 is 75.0 Å². The van der Waals surface area contributed by atoms with E-state index >= 15 is 0 Å². The van der Waals surface area contributed by atoms with Crippen molar-refractivity contribution in [2.45, 2.75) is 16.7 Å². The Labute approximate surface area is 330 Å². The van der Waals surface area contributed by atoms with Gasteiger partial charge < -0.3 is 24.1 Å². The number of hydrogen-bond acceptors (Lipinski definition) is 6. The molecule has 4 aliphatic heterocycles. The van der Waals surface area contributed by atoms with E-state index in [1.54, 1.807) is 0 Å². The maximum Gasteiger partial charge on any atom is 0.333 e. The summed E-state index contributed by atoms with van der Waals surface area (Å²) in [5.74, 6) is 2.83. The molecule has 0 unspecified atom stereocenters. The van der Waals surface area contributed by atoms with E-state index in [9.17, 15) is 0 Å². The van der Waals surface area contributed by atoms with Crippen LogP contribution in [0.4, 0.5) is 45.5 Å². The van der Waals surface area contributed by atoms with Crippen molar-refractivity contribution in [2.24, 2.45) is 0 Å². The van der Waals surface area contributed by atoms with Gasteiger partial charge in [-0.25, -0.2) is 0 Å². The molecule has 4 aliphatic rings. The fourth-order valence-corrected chi connectivity index (χ4v) is 10.1. The van der Waals surface area contributed by atoms with Crippen LogP contribution in [0.1, 0.15) is 5.56 Å². The third-order valence-electron chi connectivity index (χ3n) is 11.4. The Morgan fingerprint density at radius 3 is 1.84 bits per heavy atom. The van der Waals surface area contributed by atoms with Gasteiger partial charge in [0.05, 0.1) is 11.4 Å².